The van der Waals surface area contributed by atoms with E-state index < -0.39 is 0 Å². The molecule has 0 unspecified atom stereocenters. The molecule has 1 aromatic heterocycles. The van der Waals surface area contributed by atoms with Crippen molar-refractivity contribution in [1.29, 1.82) is 0 Å². The molecule has 124 valence electrons. The fourth-order valence-corrected chi connectivity index (χ4v) is 2.06. The Bertz CT molecular complexity index is 686. The van der Waals surface area contributed by atoms with E-state index in [-0.39, 0.29) is 30.4 Å². The standard InChI is InChI=1S/C16H21FN4O2/c1-10-8-13(17)4-5-14(10)21-7-6-15(20-21)19-16(23)18-12(3)11(2)9-22/h4-8,11-12,22H,9H2,1-3H3,(H2,18,19,20,23)/t11-,12+/m0/s1. The molecule has 0 bridgehead atoms. The van der Waals surface area contributed by atoms with Gasteiger partial charge in [0.2, 0.25) is 0 Å². The molecule has 1 aromatic carbocycles. The number of anilines is 1. The van der Waals surface area contributed by atoms with E-state index in [1.807, 2.05) is 13.8 Å². The van der Waals surface area contributed by atoms with Crippen LogP contribution >= 0.6 is 0 Å². The highest BCUT2D eigenvalue weighted by Gasteiger charge is 2.14. The van der Waals surface area contributed by atoms with Crippen molar-refractivity contribution in [3.05, 3.63) is 41.8 Å². The molecular weight excluding hydrogens is 299 g/mol. The van der Waals surface area contributed by atoms with Crippen molar-refractivity contribution in [2.24, 2.45) is 5.92 Å². The minimum absolute atomic E-state index is 0.0000821. The maximum atomic E-state index is 13.1. The molecule has 0 radical (unpaired) electrons. The molecule has 23 heavy (non-hydrogen) atoms. The first-order valence-corrected chi connectivity index (χ1v) is 7.41. The van der Waals surface area contributed by atoms with Gasteiger partial charge in [0.15, 0.2) is 5.82 Å². The van der Waals surface area contributed by atoms with Gasteiger partial charge in [0, 0.05) is 24.9 Å². The van der Waals surface area contributed by atoms with E-state index in [4.69, 9.17) is 5.11 Å². The molecule has 0 aliphatic carbocycles. The summed E-state index contributed by atoms with van der Waals surface area (Å²) in [5.41, 5.74) is 1.48. The molecule has 2 atom stereocenters. The van der Waals surface area contributed by atoms with Crippen molar-refractivity contribution in [3.63, 3.8) is 0 Å². The van der Waals surface area contributed by atoms with Gasteiger partial charge in [0.1, 0.15) is 5.82 Å². The van der Waals surface area contributed by atoms with Gasteiger partial charge in [-0.2, -0.15) is 0 Å². The Hall–Kier alpha value is -2.41. The fourth-order valence-electron chi connectivity index (χ4n) is 2.06. The van der Waals surface area contributed by atoms with Crippen LogP contribution in [-0.2, 0) is 0 Å². The minimum Gasteiger partial charge on any atom is -0.396 e. The van der Waals surface area contributed by atoms with E-state index in [1.165, 1.54) is 12.1 Å². The first-order valence-electron chi connectivity index (χ1n) is 7.41. The molecule has 0 aliphatic heterocycles. The summed E-state index contributed by atoms with van der Waals surface area (Å²) in [5, 5.41) is 18.7. The van der Waals surface area contributed by atoms with Gasteiger partial charge in [-0.3, -0.25) is 5.32 Å². The van der Waals surface area contributed by atoms with Gasteiger partial charge in [-0.25, -0.2) is 13.9 Å². The predicted octanol–water partition coefficient (Wildman–Crippen LogP) is 2.46. The van der Waals surface area contributed by atoms with Gasteiger partial charge in [-0.15, -0.1) is 5.10 Å². The summed E-state index contributed by atoms with van der Waals surface area (Å²) >= 11 is 0. The first kappa shape index (κ1) is 17.0. The Kier molecular flexibility index (Phi) is 5.33. The third kappa shape index (κ3) is 4.29. The Balaban J connectivity index is 2.03. The van der Waals surface area contributed by atoms with Crippen molar-refractivity contribution in [2.45, 2.75) is 26.8 Å². The Labute approximate surface area is 134 Å². The SMILES string of the molecule is Cc1cc(F)ccc1-n1ccc(NC(=O)N[C@H](C)[C@@H](C)CO)n1. The molecular formula is C16H21FN4O2. The fraction of sp³-hybridized carbons (Fsp3) is 0.375. The van der Waals surface area contributed by atoms with Crippen LogP contribution in [0.5, 0.6) is 0 Å². The summed E-state index contributed by atoms with van der Waals surface area (Å²) in [7, 11) is 0. The number of rotatable bonds is 5. The molecule has 1 heterocycles. The molecule has 0 saturated heterocycles. The van der Waals surface area contributed by atoms with Gasteiger partial charge >= 0.3 is 6.03 Å². The average molecular weight is 320 g/mol. The van der Waals surface area contributed by atoms with Crippen LogP contribution in [0, 0.1) is 18.7 Å². The summed E-state index contributed by atoms with van der Waals surface area (Å²) in [6, 6.07) is 5.52. The number of urea groups is 1. The summed E-state index contributed by atoms with van der Waals surface area (Å²) in [5.74, 6) is 0.0402. The Morgan fingerprint density at radius 1 is 1.39 bits per heavy atom. The Morgan fingerprint density at radius 2 is 2.13 bits per heavy atom. The summed E-state index contributed by atoms with van der Waals surface area (Å²) in [4.78, 5) is 11.9. The second-order valence-corrected chi connectivity index (χ2v) is 5.62. The molecule has 0 saturated carbocycles. The van der Waals surface area contributed by atoms with E-state index in [0.29, 0.717) is 5.82 Å². The molecule has 6 nitrogen and oxygen atoms in total. The molecule has 0 aliphatic rings. The number of benzene rings is 1. The molecule has 3 N–H and O–H groups in total. The number of amides is 2. The number of aryl methyl sites for hydroxylation is 1. The van der Waals surface area contributed by atoms with Crippen LogP contribution in [0.25, 0.3) is 5.69 Å². The third-order valence-electron chi connectivity index (χ3n) is 3.74. The van der Waals surface area contributed by atoms with Gasteiger partial charge in [0.05, 0.1) is 5.69 Å². The van der Waals surface area contributed by atoms with Crippen molar-refractivity contribution in [2.75, 3.05) is 11.9 Å². The number of carbonyl (C=O) groups is 1. The zero-order valence-corrected chi connectivity index (χ0v) is 13.4. The number of carbonyl (C=O) groups excluding carboxylic acids is 1. The first-order chi connectivity index (χ1) is 10.9. The predicted molar refractivity (Wildman–Crippen MR) is 86.1 cm³/mol. The molecule has 0 spiro atoms. The topological polar surface area (TPSA) is 79.2 Å². The van der Waals surface area contributed by atoms with Crippen LogP contribution in [0.2, 0.25) is 0 Å². The number of aliphatic hydroxyl groups excluding tert-OH is 1. The van der Waals surface area contributed by atoms with Crippen molar-refractivity contribution in [1.82, 2.24) is 15.1 Å². The number of aromatic nitrogens is 2. The number of nitrogens with zero attached hydrogens (tertiary/aromatic N) is 2. The van der Waals surface area contributed by atoms with E-state index in [0.717, 1.165) is 11.3 Å². The lowest BCUT2D eigenvalue weighted by Crippen LogP contribution is -2.40. The highest BCUT2D eigenvalue weighted by Crippen LogP contribution is 2.16. The lowest BCUT2D eigenvalue weighted by Gasteiger charge is -2.19. The number of halogens is 1. The molecule has 2 rings (SSSR count). The summed E-state index contributed by atoms with van der Waals surface area (Å²) < 4.78 is 14.7. The van der Waals surface area contributed by atoms with Crippen LogP contribution in [0.1, 0.15) is 19.4 Å². The number of hydrogen-bond donors (Lipinski definition) is 3. The highest BCUT2D eigenvalue weighted by molar-refractivity contribution is 5.88. The number of nitrogens with one attached hydrogen (secondary N) is 2. The molecule has 2 aromatic rings. The van der Waals surface area contributed by atoms with E-state index >= 15 is 0 Å². The smallest absolute Gasteiger partial charge is 0.320 e. The zero-order valence-electron chi connectivity index (χ0n) is 13.4. The lowest BCUT2D eigenvalue weighted by molar-refractivity contribution is 0.204. The monoisotopic (exact) mass is 320 g/mol. The highest BCUT2D eigenvalue weighted by atomic mass is 19.1. The zero-order chi connectivity index (χ0) is 17.0. The van der Waals surface area contributed by atoms with Crippen LogP contribution in [0.3, 0.4) is 0 Å². The van der Waals surface area contributed by atoms with Crippen molar-refractivity contribution in [3.8, 4) is 5.69 Å². The van der Waals surface area contributed by atoms with Crippen LogP contribution in [0.4, 0.5) is 15.0 Å². The van der Waals surface area contributed by atoms with Gasteiger partial charge < -0.3 is 10.4 Å². The second kappa shape index (κ2) is 7.23. The van der Waals surface area contributed by atoms with Crippen LogP contribution < -0.4 is 10.6 Å². The molecule has 0 fully saturated rings. The Morgan fingerprint density at radius 3 is 2.78 bits per heavy atom. The number of aliphatic hydroxyl groups is 1. The molecule has 2 amide bonds. The average Bonchev–Trinajstić information content (AvgIpc) is 2.94. The second-order valence-electron chi connectivity index (χ2n) is 5.62. The minimum atomic E-state index is -0.390. The van der Waals surface area contributed by atoms with Gasteiger partial charge in [-0.05, 0) is 43.5 Å². The van der Waals surface area contributed by atoms with Gasteiger partial charge in [0.25, 0.3) is 0 Å². The van der Waals surface area contributed by atoms with Crippen LogP contribution in [0.15, 0.2) is 30.5 Å². The van der Waals surface area contributed by atoms with Crippen LogP contribution in [-0.4, -0.2) is 33.6 Å². The third-order valence-corrected chi connectivity index (χ3v) is 3.74. The van der Waals surface area contributed by atoms with E-state index in [1.54, 1.807) is 29.9 Å². The quantitative estimate of drug-likeness (QED) is 0.792. The largest absolute Gasteiger partial charge is 0.396 e. The van der Waals surface area contributed by atoms with Gasteiger partial charge in [-0.1, -0.05) is 6.92 Å². The normalized spacial score (nSPS) is 13.4. The maximum Gasteiger partial charge on any atom is 0.320 e. The molecule has 7 heteroatoms. The van der Waals surface area contributed by atoms with Crippen molar-refractivity contribution >= 4 is 11.8 Å². The van der Waals surface area contributed by atoms with Crippen molar-refractivity contribution < 1.29 is 14.3 Å². The van der Waals surface area contributed by atoms with E-state index in [2.05, 4.69) is 15.7 Å². The summed E-state index contributed by atoms with van der Waals surface area (Å²) in [6.07, 6.45) is 1.69. The number of hydrogen-bond acceptors (Lipinski definition) is 3. The maximum absolute atomic E-state index is 13.1. The van der Waals surface area contributed by atoms with E-state index in [9.17, 15) is 9.18 Å². The summed E-state index contributed by atoms with van der Waals surface area (Å²) in [6.45, 7) is 5.45. The lowest BCUT2D eigenvalue weighted by atomic mass is 10.1.